The second-order valence-corrected chi connectivity index (χ2v) is 7.78. The number of nitro benzene ring substituents is 1. The normalized spacial score (nSPS) is 19.4. The molecule has 0 aliphatic heterocycles. The summed E-state index contributed by atoms with van der Waals surface area (Å²) in [6, 6.07) is 5.24. The second-order valence-electron chi connectivity index (χ2n) is 7.78. The lowest BCUT2D eigenvalue weighted by atomic mass is 9.86. The lowest BCUT2D eigenvalue weighted by Crippen LogP contribution is -2.41. The number of nitro groups is 1. The number of nitrogens with one attached hydrogen (secondary N) is 1. The SMILES string of the molecule is CC(C)(C)OC(=O)NC1CCC(COC(=O)Oc2ccc([N+](=O)[O-])cc2)CC1. The van der Waals surface area contributed by atoms with Crippen molar-refractivity contribution >= 4 is 17.9 Å². The minimum Gasteiger partial charge on any atom is -0.444 e. The molecule has 1 N–H and O–H groups in total. The van der Waals surface area contributed by atoms with Crippen molar-refractivity contribution in [3.63, 3.8) is 0 Å². The van der Waals surface area contributed by atoms with Crippen LogP contribution in [0.1, 0.15) is 46.5 Å². The van der Waals surface area contributed by atoms with Gasteiger partial charge in [-0.3, -0.25) is 10.1 Å². The van der Waals surface area contributed by atoms with Gasteiger partial charge in [-0.2, -0.15) is 0 Å². The highest BCUT2D eigenvalue weighted by Gasteiger charge is 2.25. The first-order valence-electron chi connectivity index (χ1n) is 9.21. The molecular formula is C19H26N2O7. The van der Waals surface area contributed by atoms with Crippen LogP contribution < -0.4 is 10.1 Å². The highest BCUT2D eigenvalue weighted by molar-refractivity contribution is 5.68. The second kappa shape index (κ2) is 9.38. The van der Waals surface area contributed by atoms with Crippen LogP contribution in [0.4, 0.5) is 15.3 Å². The van der Waals surface area contributed by atoms with E-state index in [0.29, 0.717) is 0 Å². The van der Waals surface area contributed by atoms with Crippen molar-refractivity contribution in [3.8, 4) is 5.75 Å². The Balaban J connectivity index is 1.67. The predicted molar refractivity (Wildman–Crippen MR) is 100 cm³/mol. The fraction of sp³-hybridized carbons (Fsp3) is 0.579. The Bertz CT molecular complexity index is 689. The molecule has 0 unspecified atom stereocenters. The minimum absolute atomic E-state index is 0.0539. The van der Waals surface area contributed by atoms with Crippen molar-refractivity contribution in [1.29, 1.82) is 0 Å². The van der Waals surface area contributed by atoms with Gasteiger partial charge in [0.15, 0.2) is 0 Å². The maximum atomic E-state index is 11.8. The van der Waals surface area contributed by atoms with Gasteiger partial charge in [0.25, 0.3) is 5.69 Å². The Morgan fingerprint density at radius 2 is 1.75 bits per heavy atom. The third-order valence-electron chi connectivity index (χ3n) is 4.25. The number of rotatable bonds is 5. The topological polar surface area (TPSA) is 117 Å². The minimum atomic E-state index is -0.845. The fourth-order valence-electron chi connectivity index (χ4n) is 2.90. The molecule has 0 spiro atoms. The van der Waals surface area contributed by atoms with Crippen LogP contribution in [0, 0.1) is 16.0 Å². The van der Waals surface area contributed by atoms with E-state index in [1.165, 1.54) is 24.3 Å². The number of amides is 1. The molecule has 9 heteroatoms. The van der Waals surface area contributed by atoms with Gasteiger partial charge < -0.3 is 19.5 Å². The van der Waals surface area contributed by atoms with E-state index < -0.39 is 22.8 Å². The van der Waals surface area contributed by atoms with Crippen LogP contribution in [-0.2, 0) is 9.47 Å². The molecule has 1 amide bonds. The molecule has 1 saturated carbocycles. The molecule has 0 radical (unpaired) electrons. The van der Waals surface area contributed by atoms with E-state index >= 15 is 0 Å². The molecule has 0 saturated heterocycles. The third-order valence-corrected chi connectivity index (χ3v) is 4.25. The molecule has 154 valence electrons. The van der Waals surface area contributed by atoms with E-state index in [1.54, 1.807) is 0 Å². The summed E-state index contributed by atoms with van der Waals surface area (Å²) < 4.78 is 15.4. The van der Waals surface area contributed by atoms with Crippen molar-refractivity contribution < 1.29 is 28.7 Å². The highest BCUT2D eigenvalue weighted by Crippen LogP contribution is 2.25. The molecule has 1 aromatic carbocycles. The van der Waals surface area contributed by atoms with Crippen LogP contribution in [0.25, 0.3) is 0 Å². The zero-order chi connectivity index (χ0) is 20.7. The number of benzene rings is 1. The van der Waals surface area contributed by atoms with E-state index in [4.69, 9.17) is 14.2 Å². The molecule has 0 atom stereocenters. The summed E-state index contributed by atoms with van der Waals surface area (Å²) in [6.07, 6.45) is 1.92. The maximum absolute atomic E-state index is 11.8. The summed E-state index contributed by atoms with van der Waals surface area (Å²) in [5.41, 5.74) is -0.614. The molecule has 0 bridgehead atoms. The summed E-state index contributed by atoms with van der Waals surface area (Å²) in [5.74, 6) is 0.377. The Hall–Kier alpha value is -2.84. The van der Waals surface area contributed by atoms with Crippen molar-refractivity contribution in [1.82, 2.24) is 5.32 Å². The number of hydrogen-bond donors (Lipinski definition) is 1. The van der Waals surface area contributed by atoms with Gasteiger partial charge in [0.1, 0.15) is 11.4 Å². The zero-order valence-electron chi connectivity index (χ0n) is 16.3. The number of alkyl carbamates (subject to hydrolysis) is 1. The molecular weight excluding hydrogens is 368 g/mol. The van der Waals surface area contributed by atoms with Crippen LogP contribution in [0.3, 0.4) is 0 Å². The quantitative estimate of drug-likeness (QED) is 0.344. The van der Waals surface area contributed by atoms with Crippen molar-refractivity contribution in [3.05, 3.63) is 34.4 Å². The lowest BCUT2D eigenvalue weighted by Gasteiger charge is -2.29. The Labute approximate surface area is 163 Å². The van der Waals surface area contributed by atoms with Crippen LogP contribution in [-0.4, -0.2) is 35.4 Å². The van der Waals surface area contributed by atoms with Gasteiger partial charge >= 0.3 is 12.2 Å². The largest absolute Gasteiger partial charge is 0.513 e. The number of non-ortho nitro benzene ring substituents is 1. The highest BCUT2D eigenvalue weighted by atomic mass is 16.7. The van der Waals surface area contributed by atoms with Gasteiger partial charge in [0, 0.05) is 18.2 Å². The van der Waals surface area contributed by atoms with Crippen molar-refractivity contribution in [2.24, 2.45) is 5.92 Å². The van der Waals surface area contributed by atoms with Gasteiger partial charge in [-0.15, -0.1) is 0 Å². The van der Waals surface area contributed by atoms with Gasteiger partial charge in [-0.1, -0.05) is 0 Å². The molecule has 1 aliphatic rings. The lowest BCUT2D eigenvalue weighted by molar-refractivity contribution is -0.384. The maximum Gasteiger partial charge on any atom is 0.513 e. The number of hydrogen-bond acceptors (Lipinski definition) is 7. The summed E-state index contributed by atoms with van der Waals surface area (Å²) >= 11 is 0. The number of nitrogens with zero attached hydrogens (tertiary/aromatic N) is 1. The molecule has 1 aliphatic carbocycles. The Kier molecular flexibility index (Phi) is 7.19. The van der Waals surface area contributed by atoms with Gasteiger partial charge in [0.05, 0.1) is 11.5 Å². The first-order valence-corrected chi connectivity index (χ1v) is 9.21. The summed E-state index contributed by atoms with van der Waals surface area (Å²) in [7, 11) is 0. The van der Waals surface area contributed by atoms with Gasteiger partial charge in [-0.05, 0) is 64.5 Å². The van der Waals surface area contributed by atoms with E-state index in [2.05, 4.69) is 5.32 Å². The van der Waals surface area contributed by atoms with Crippen molar-refractivity contribution in [2.75, 3.05) is 6.61 Å². The number of carbonyl (C=O) groups is 2. The van der Waals surface area contributed by atoms with Crippen LogP contribution in [0.2, 0.25) is 0 Å². The summed E-state index contributed by atoms with van der Waals surface area (Å²) in [6.45, 7) is 5.68. The van der Waals surface area contributed by atoms with Gasteiger partial charge in [0.2, 0.25) is 0 Å². The summed E-state index contributed by atoms with van der Waals surface area (Å²) in [4.78, 5) is 33.6. The molecule has 28 heavy (non-hydrogen) atoms. The first-order chi connectivity index (χ1) is 13.1. The summed E-state index contributed by atoms with van der Waals surface area (Å²) in [5, 5.41) is 13.5. The average Bonchev–Trinajstić information content (AvgIpc) is 2.60. The average molecular weight is 394 g/mol. The Morgan fingerprint density at radius 1 is 1.14 bits per heavy atom. The Morgan fingerprint density at radius 3 is 2.29 bits per heavy atom. The van der Waals surface area contributed by atoms with E-state index in [0.717, 1.165) is 25.7 Å². The van der Waals surface area contributed by atoms with Crippen LogP contribution >= 0.6 is 0 Å². The molecule has 2 rings (SSSR count). The molecule has 1 fully saturated rings. The zero-order valence-corrected chi connectivity index (χ0v) is 16.3. The molecule has 9 nitrogen and oxygen atoms in total. The van der Waals surface area contributed by atoms with Crippen LogP contribution in [0.15, 0.2) is 24.3 Å². The third kappa shape index (κ3) is 7.42. The van der Waals surface area contributed by atoms with E-state index in [-0.39, 0.29) is 30.0 Å². The molecule has 1 aromatic rings. The smallest absolute Gasteiger partial charge is 0.444 e. The molecule has 0 heterocycles. The standard InChI is InChI=1S/C19H26N2O7/c1-19(2,3)28-17(22)20-14-6-4-13(5-7-14)12-26-18(23)27-16-10-8-15(9-11-16)21(24)25/h8-11,13-14H,4-7,12H2,1-3H3,(H,20,22). The monoisotopic (exact) mass is 394 g/mol. The van der Waals surface area contributed by atoms with Gasteiger partial charge in [-0.25, -0.2) is 9.59 Å². The van der Waals surface area contributed by atoms with E-state index in [9.17, 15) is 19.7 Å². The number of carbonyl (C=O) groups excluding carboxylic acids is 2. The van der Waals surface area contributed by atoms with Crippen molar-refractivity contribution in [2.45, 2.75) is 58.1 Å². The first kappa shape index (κ1) is 21.5. The fourth-order valence-corrected chi connectivity index (χ4v) is 2.90. The molecule has 0 aromatic heterocycles. The van der Waals surface area contributed by atoms with Crippen LogP contribution in [0.5, 0.6) is 5.75 Å². The van der Waals surface area contributed by atoms with E-state index in [1.807, 2.05) is 20.8 Å². The number of ether oxygens (including phenoxy) is 3. The predicted octanol–water partition coefficient (Wildman–Crippen LogP) is 4.19.